The Labute approximate surface area is 176 Å². The van der Waals surface area contributed by atoms with Gasteiger partial charge in [0.15, 0.2) is 0 Å². The normalized spacial score (nSPS) is 17.7. The third kappa shape index (κ3) is 5.50. The molecule has 8 heteroatoms. The van der Waals surface area contributed by atoms with E-state index in [2.05, 4.69) is 5.32 Å². The average molecular weight is 437 g/mol. The van der Waals surface area contributed by atoms with Gasteiger partial charge in [-0.15, -0.1) is 0 Å². The lowest BCUT2D eigenvalue weighted by Crippen LogP contribution is -2.45. The van der Waals surface area contributed by atoms with Gasteiger partial charge in [0, 0.05) is 24.7 Å². The van der Waals surface area contributed by atoms with Gasteiger partial charge in [-0.1, -0.05) is 23.7 Å². The Hall–Kier alpha value is -2.09. The molecule has 1 saturated heterocycles. The molecule has 6 nitrogen and oxygen atoms in total. The summed E-state index contributed by atoms with van der Waals surface area (Å²) < 4.78 is 32.3. The highest BCUT2D eigenvalue weighted by molar-refractivity contribution is 7.89. The van der Waals surface area contributed by atoms with Crippen molar-refractivity contribution < 1.29 is 17.9 Å². The van der Waals surface area contributed by atoms with E-state index in [-0.39, 0.29) is 23.3 Å². The predicted octanol–water partition coefficient (Wildman–Crippen LogP) is 3.11. The lowest BCUT2D eigenvalue weighted by Gasteiger charge is -2.31. The Morgan fingerprint density at radius 3 is 2.52 bits per heavy atom. The fourth-order valence-corrected chi connectivity index (χ4v) is 5.05. The average Bonchev–Trinajstić information content (AvgIpc) is 2.75. The van der Waals surface area contributed by atoms with E-state index in [4.69, 9.17) is 16.3 Å². The summed E-state index contributed by atoms with van der Waals surface area (Å²) in [4.78, 5) is 12.8. The molecule has 1 atom stereocenters. The van der Waals surface area contributed by atoms with Gasteiger partial charge in [-0.2, -0.15) is 4.31 Å². The number of methoxy groups -OCH3 is 1. The van der Waals surface area contributed by atoms with E-state index in [1.54, 1.807) is 12.1 Å². The van der Waals surface area contributed by atoms with Crippen LogP contribution in [-0.2, 0) is 21.2 Å². The van der Waals surface area contributed by atoms with Crippen molar-refractivity contribution >= 4 is 27.5 Å². The van der Waals surface area contributed by atoms with Gasteiger partial charge in [-0.3, -0.25) is 4.79 Å². The van der Waals surface area contributed by atoms with Crippen molar-refractivity contribution in [3.63, 3.8) is 0 Å². The molecule has 1 aliphatic heterocycles. The zero-order chi connectivity index (χ0) is 20.9. The molecule has 1 unspecified atom stereocenters. The monoisotopic (exact) mass is 436 g/mol. The summed E-state index contributed by atoms with van der Waals surface area (Å²) >= 11 is 5.88. The van der Waals surface area contributed by atoms with Crippen molar-refractivity contribution in [1.82, 2.24) is 9.62 Å². The number of amides is 1. The zero-order valence-corrected chi connectivity index (χ0v) is 17.9. The summed E-state index contributed by atoms with van der Waals surface area (Å²) in [6.45, 7) is 1.12. The Bertz CT molecular complexity index is 930. The number of hydrogen-bond acceptors (Lipinski definition) is 4. The van der Waals surface area contributed by atoms with Crippen molar-refractivity contribution in [2.75, 3.05) is 26.7 Å². The van der Waals surface area contributed by atoms with E-state index in [1.165, 1.54) is 23.5 Å². The molecule has 1 aliphatic rings. The van der Waals surface area contributed by atoms with Crippen LogP contribution in [0.2, 0.25) is 5.02 Å². The Morgan fingerprint density at radius 1 is 1.17 bits per heavy atom. The molecule has 0 spiro atoms. The number of carbonyl (C=O) groups excluding carboxylic acids is 1. The van der Waals surface area contributed by atoms with E-state index in [1.807, 2.05) is 24.3 Å². The van der Waals surface area contributed by atoms with Crippen molar-refractivity contribution in [3.05, 3.63) is 59.1 Å². The van der Waals surface area contributed by atoms with Crippen LogP contribution in [0.3, 0.4) is 0 Å². The third-order valence-corrected chi connectivity index (χ3v) is 7.21. The van der Waals surface area contributed by atoms with Crippen LogP contribution < -0.4 is 10.1 Å². The molecule has 1 heterocycles. The van der Waals surface area contributed by atoms with Crippen LogP contribution in [0.4, 0.5) is 0 Å². The molecule has 1 fully saturated rings. The Balaban J connectivity index is 1.57. The number of sulfonamides is 1. The molecular weight excluding hydrogens is 412 g/mol. The highest BCUT2D eigenvalue weighted by Gasteiger charge is 2.33. The van der Waals surface area contributed by atoms with Gasteiger partial charge < -0.3 is 10.1 Å². The number of ether oxygens (including phenoxy) is 1. The number of piperidine rings is 1. The maximum atomic E-state index is 12.9. The van der Waals surface area contributed by atoms with Crippen LogP contribution in [0, 0.1) is 5.92 Å². The van der Waals surface area contributed by atoms with Crippen LogP contribution in [0.15, 0.2) is 53.4 Å². The minimum Gasteiger partial charge on any atom is -0.497 e. The first-order valence-electron chi connectivity index (χ1n) is 9.56. The smallest absolute Gasteiger partial charge is 0.243 e. The van der Waals surface area contributed by atoms with Gasteiger partial charge in [0.2, 0.25) is 15.9 Å². The number of benzene rings is 2. The fourth-order valence-electron chi connectivity index (χ4n) is 3.40. The van der Waals surface area contributed by atoms with Crippen LogP contribution in [0.25, 0.3) is 0 Å². The topological polar surface area (TPSA) is 75.7 Å². The Morgan fingerprint density at radius 2 is 1.86 bits per heavy atom. The van der Waals surface area contributed by atoms with Crippen molar-refractivity contribution in [3.8, 4) is 5.75 Å². The van der Waals surface area contributed by atoms with E-state index in [0.29, 0.717) is 43.1 Å². The second-order valence-corrected chi connectivity index (χ2v) is 9.42. The third-order valence-electron chi connectivity index (χ3n) is 5.08. The largest absolute Gasteiger partial charge is 0.497 e. The number of rotatable bonds is 7. The molecule has 1 amide bonds. The number of halogens is 1. The molecule has 1 N–H and O–H groups in total. The van der Waals surface area contributed by atoms with Crippen molar-refractivity contribution in [2.45, 2.75) is 24.2 Å². The molecular formula is C21H25ClN2O4S. The summed E-state index contributed by atoms with van der Waals surface area (Å²) in [5, 5.41) is 3.61. The first kappa shape index (κ1) is 21.6. The molecule has 2 aromatic rings. The van der Waals surface area contributed by atoms with Crippen LogP contribution in [0.1, 0.15) is 18.4 Å². The predicted molar refractivity (Wildman–Crippen MR) is 113 cm³/mol. The molecule has 29 heavy (non-hydrogen) atoms. The molecule has 156 valence electrons. The highest BCUT2D eigenvalue weighted by Crippen LogP contribution is 2.25. The second kappa shape index (κ2) is 9.61. The van der Waals surface area contributed by atoms with Gasteiger partial charge in [0.25, 0.3) is 0 Å². The van der Waals surface area contributed by atoms with Gasteiger partial charge in [-0.05, 0) is 61.2 Å². The fraction of sp³-hybridized carbons (Fsp3) is 0.381. The van der Waals surface area contributed by atoms with E-state index >= 15 is 0 Å². The molecule has 0 bridgehead atoms. The Kier molecular flexibility index (Phi) is 7.16. The van der Waals surface area contributed by atoms with Crippen molar-refractivity contribution in [1.29, 1.82) is 0 Å². The summed E-state index contributed by atoms with van der Waals surface area (Å²) in [6, 6.07) is 13.8. The SMILES string of the molecule is COc1ccc(S(=O)(=O)N2CCCC(C(=O)NCCc3ccc(Cl)cc3)C2)cc1. The molecule has 0 radical (unpaired) electrons. The molecule has 2 aromatic carbocycles. The molecule has 0 aliphatic carbocycles. The van der Waals surface area contributed by atoms with Crippen LogP contribution in [-0.4, -0.2) is 45.4 Å². The zero-order valence-electron chi connectivity index (χ0n) is 16.3. The summed E-state index contributed by atoms with van der Waals surface area (Å²) in [7, 11) is -2.10. The van der Waals surface area contributed by atoms with Crippen molar-refractivity contribution in [2.24, 2.45) is 5.92 Å². The lowest BCUT2D eigenvalue weighted by molar-refractivity contribution is -0.126. The minimum absolute atomic E-state index is 0.103. The standard InChI is InChI=1S/C21H25ClN2O4S/c1-28-19-8-10-20(11-9-19)29(26,27)24-14-2-3-17(15-24)21(25)23-13-12-16-4-6-18(22)7-5-16/h4-11,17H,2-3,12-15H2,1H3,(H,23,25). The van der Waals surface area contributed by atoms with Crippen LogP contribution in [0.5, 0.6) is 5.75 Å². The minimum atomic E-state index is -3.64. The quantitative estimate of drug-likeness (QED) is 0.723. The number of nitrogens with one attached hydrogen (secondary N) is 1. The summed E-state index contributed by atoms with van der Waals surface area (Å²) in [5.74, 6) is 0.149. The number of carbonyl (C=O) groups is 1. The first-order valence-corrected chi connectivity index (χ1v) is 11.4. The van der Waals surface area contributed by atoms with Gasteiger partial charge in [0.05, 0.1) is 17.9 Å². The van der Waals surface area contributed by atoms with Gasteiger partial charge in [-0.25, -0.2) is 8.42 Å². The van der Waals surface area contributed by atoms with Gasteiger partial charge in [0.1, 0.15) is 5.75 Å². The first-order chi connectivity index (χ1) is 13.9. The number of hydrogen-bond donors (Lipinski definition) is 1. The summed E-state index contributed by atoms with van der Waals surface area (Å²) in [6.07, 6.45) is 2.04. The van der Waals surface area contributed by atoms with E-state index < -0.39 is 10.0 Å². The van der Waals surface area contributed by atoms with Crippen LogP contribution >= 0.6 is 11.6 Å². The maximum absolute atomic E-state index is 12.9. The summed E-state index contributed by atoms with van der Waals surface area (Å²) in [5.41, 5.74) is 1.09. The highest BCUT2D eigenvalue weighted by atomic mass is 35.5. The molecule has 0 saturated carbocycles. The number of nitrogens with zero attached hydrogens (tertiary/aromatic N) is 1. The maximum Gasteiger partial charge on any atom is 0.243 e. The molecule has 0 aromatic heterocycles. The molecule has 3 rings (SSSR count). The lowest BCUT2D eigenvalue weighted by atomic mass is 9.99. The van der Waals surface area contributed by atoms with Gasteiger partial charge >= 0.3 is 0 Å². The van der Waals surface area contributed by atoms with E-state index in [0.717, 1.165) is 5.56 Å². The van der Waals surface area contributed by atoms with E-state index in [9.17, 15) is 13.2 Å². The second-order valence-electron chi connectivity index (χ2n) is 7.05.